The summed E-state index contributed by atoms with van der Waals surface area (Å²) in [6.07, 6.45) is 0.209. The lowest BCUT2D eigenvalue weighted by Crippen LogP contribution is -2.46. The molecule has 2 unspecified atom stereocenters. The number of allylic oxidation sites excluding steroid dienone is 1. The number of nitriles is 1. The van der Waals surface area contributed by atoms with Gasteiger partial charge >= 0.3 is 5.97 Å². The number of rotatable bonds is 2. The molecular formula is C11H15NO3S. The van der Waals surface area contributed by atoms with Crippen LogP contribution in [0, 0.1) is 11.3 Å². The molecule has 0 saturated carbocycles. The Kier molecular flexibility index (Phi) is 3.87. The summed E-state index contributed by atoms with van der Waals surface area (Å²) in [7, 11) is -1.51. The van der Waals surface area contributed by atoms with E-state index in [-0.39, 0.29) is 18.8 Å². The Labute approximate surface area is 97.7 Å². The maximum atomic E-state index is 12.0. The number of esters is 1. The summed E-state index contributed by atoms with van der Waals surface area (Å²) in [6.45, 7) is 5.60. The Morgan fingerprint density at radius 3 is 2.69 bits per heavy atom. The van der Waals surface area contributed by atoms with Crippen molar-refractivity contribution in [2.45, 2.75) is 31.9 Å². The fraction of sp³-hybridized carbons (Fsp3) is 0.636. The zero-order chi connectivity index (χ0) is 12.3. The van der Waals surface area contributed by atoms with Gasteiger partial charge in [0.05, 0.1) is 23.5 Å². The zero-order valence-corrected chi connectivity index (χ0v) is 10.5. The Morgan fingerprint density at radius 1 is 1.56 bits per heavy atom. The predicted molar refractivity (Wildman–Crippen MR) is 61.0 cm³/mol. The van der Waals surface area contributed by atoms with Gasteiger partial charge in [-0.3, -0.25) is 4.21 Å². The smallest absolute Gasteiger partial charge is 0.339 e. The minimum absolute atomic E-state index is 0.196. The molecule has 1 rings (SSSR count). The first-order valence-corrected chi connectivity index (χ1v) is 6.42. The van der Waals surface area contributed by atoms with Gasteiger partial charge < -0.3 is 4.74 Å². The number of hydrogen-bond acceptors (Lipinski definition) is 4. The molecule has 0 saturated heterocycles. The van der Waals surface area contributed by atoms with Crippen LogP contribution < -0.4 is 0 Å². The fourth-order valence-electron chi connectivity index (χ4n) is 1.60. The van der Waals surface area contributed by atoms with Crippen molar-refractivity contribution in [1.29, 1.82) is 5.26 Å². The second-order valence-corrected chi connectivity index (χ2v) is 5.56. The molecule has 88 valence electrons. The molecule has 1 aliphatic rings. The third-order valence-electron chi connectivity index (χ3n) is 2.76. The SMILES string of the molecule is CCOC(=O)C1(C#N)CC(C)=C(C)CS1=O. The van der Waals surface area contributed by atoms with Crippen molar-refractivity contribution in [3.63, 3.8) is 0 Å². The largest absolute Gasteiger partial charge is 0.464 e. The molecule has 1 heterocycles. The molecule has 0 bridgehead atoms. The van der Waals surface area contributed by atoms with Gasteiger partial charge in [-0.1, -0.05) is 11.1 Å². The number of carbonyl (C=O) groups is 1. The number of nitrogens with zero attached hydrogens (tertiary/aromatic N) is 1. The van der Waals surface area contributed by atoms with Crippen molar-refractivity contribution in [1.82, 2.24) is 0 Å². The highest BCUT2D eigenvalue weighted by Crippen LogP contribution is 2.32. The third kappa shape index (κ3) is 2.03. The lowest BCUT2D eigenvalue weighted by Gasteiger charge is -2.29. The molecule has 4 nitrogen and oxygen atoms in total. The quantitative estimate of drug-likeness (QED) is 0.540. The molecule has 2 atom stereocenters. The van der Waals surface area contributed by atoms with E-state index < -0.39 is 21.5 Å². The van der Waals surface area contributed by atoms with Crippen molar-refractivity contribution in [3.05, 3.63) is 11.1 Å². The monoisotopic (exact) mass is 241 g/mol. The van der Waals surface area contributed by atoms with Gasteiger partial charge in [0.1, 0.15) is 0 Å². The van der Waals surface area contributed by atoms with E-state index in [1.54, 1.807) is 6.92 Å². The van der Waals surface area contributed by atoms with Crippen molar-refractivity contribution >= 4 is 16.8 Å². The summed E-state index contributed by atoms with van der Waals surface area (Å²) in [5, 5.41) is 9.15. The summed E-state index contributed by atoms with van der Waals surface area (Å²) in [4.78, 5) is 11.8. The van der Waals surface area contributed by atoms with E-state index in [0.29, 0.717) is 0 Å². The topological polar surface area (TPSA) is 67.2 Å². The summed E-state index contributed by atoms with van der Waals surface area (Å²) in [5.41, 5.74) is 1.95. The van der Waals surface area contributed by atoms with Crippen LogP contribution in [0.4, 0.5) is 0 Å². The van der Waals surface area contributed by atoms with Gasteiger partial charge in [-0.25, -0.2) is 4.79 Å². The van der Waals surface area contributed by atoms with E-state index in [9.17, 15) is 9.00 Å². The van der Waals surface area contributed by atoms with Gasteiger partial charge in [-0.05, 0) is 20.8 Å². The molecule has 0 N–H and O–H groups in total. The maximum Gasteiger partial charge on any atom is 0.339 e. The summed E-state index contributed by atoms with van der Waals surface area (Å²) in [6, 6.07) is 1.89. The standard InChI is InChI=1S/C11H15NO3S/c1-4-15-10(13)11(7-12)5-8(2)9(3)6-16(11)14/h4-6H2,1-3H3. The van der Waals surface area contributed by atoms with E-state index in [1.165, 1.54) is 0 Å². The second kappa shape index (κ2) is 4.79. The van der Waals surface area contributed by atoms with E-state index in [0.717, 1.165) is 11.1 Å². The molecular weight excluding hydrogens is 226 g/mol. The number of carbonyl (C=O) groups excluding carboxylic acids is 1. The van der Waals surface area contributed by atoms with E-state index in [1.807, 2.05) is 19.9 Å². The van der Waals surface area contributed by atoms with Gasteiger partial charge in [0, 0.05) is 12.2 Å². The maximum absolute atomic E-state index is 12.0. The molecule has 1 aliphatic heterocycles. The first-order valence-electron chi connectivity index (χ1n) is 5.10. The summed E-state index contributed by atoms with van der Waals surface area (Å²) < 4.78 is 15.3. The minimum atomic E-state index is -1.51. The van der Waals surface area contributed by atoms with Gasteiger partial charge in [-0.2, -0.15) is 5.26 Å². The molecule has 5 heteroatoms. The van der Waals surface area contributed by atoms with Crippen LogP contribution in [0.2, 0.25) is 0 Å². The van der Waals surface area contributed by atoms with Gasteiger partial charge in [0.2, 0.25) is 4.75 Å². The van der Waals surface area contributed by atoms with Crippen LogP contribution >= 0.6 is 0 Å². The Morgan fingerprint density at radius 2 is 2.19 bits per heavy atom. The van der Waals surface area contributed by atoms with Crippen molar-refractivity contribution in [2.24, 2.45) is 0 Å². The Bertz CT molecular complexity index is 408. The summed E-state index contributed by atoms with van der Waals surface area (Å²) >= 11 is 0. The first-order chi connectivity index (χ1) is 7.47. The molecule has 0 aromatic heterocycles. The van der Waals surface area contributed by atoms with Crippen molar-refractivity contribution in [3.8, 4) is 6.07 Å². The van der Waals surface area contributed by atoms with Crippen LogP contribution in [-0.4, -0.2) is 27.3 Å². The number of hydrogen-bond donors (Lipinski definition) is 0. The third-order valence-corrected chi connectivity index (χ3v) is 4.64. The highest BCUT2D eigenvalue weighted by Gasteiger charge is 2.49. The molecule has 16 heavy (non-hydrogen) atoms. The minimum Gasteiger partial charge on any atom is -0.464 e. The van der Waals surface area contributed by atoms with Crippen LogP contribution in [0.5, 0.6) is 0 Å². The van der Waals surface area contributed by atoms with Crippen LogP contribution in [0.25, 0.3) is 0 Å². The summed E-state index contributed by atoms with van der Waals surface area (Å²) in [5.74, 6) is -0.388. The van der Waals surface area contributed by atoms with Crippen LogP contribution in [-0.2, 0) is 20.3 Å². The van der Waals surface area contributed by atoms with Crippen LogP contribution in [0.1, 0.15) is 27.2 Å². The van der Waals surface area contributed by atoms with Crippen LogP contribution in [0.3, 0.4) is 0 Å². The fourth-order valence-corrected chi connectivity index (χ4v) is 3.21. The molecule has 0 amide bonds. The Hall–Kier alpha value is -1.15. The molecule has 0 radical (unpaired) electrons. The molecule has 0 aromatic rings. The highest BCUT2D eigenvalue weighted by molar-refractivity contribution is 7.87. The molecule has 0 aliphatic carbocycles. The molecule has 0 fully saturated rings. The van der Waals surface area contributed by atoms with E-state index >= 15 is 0 Å². The highest BCUT2D eigenvalue weighted by atomic mass is 32.2. The van der Waals surface area contributed by atoms with Crippen LogP contribution in [0.15, 0.2) is 11.1 Å². The van der Waals surface area contributed by atoms with Gasteiger partial charge in [-0.15, -0.1) is 0 Å². The zero-order valence-electron chi connectivity index (χ0n) is 9.70. The van der Waals surface area contributed by atoms with E-state index in [2.05, 4.69) is 0 Å². The van der Waals surface area contributed by atoms with E-state index in [4.69, 9.17) is 10.00 Å². The average molecular weight is 241 g/mol. The van der Waals surface area contributed by atoms with Crippen molar-refractivity contribution in [2.75, 3.05) is 12.4 Å². The molecule has 0 spiro atoms. The average Bonchev–Trinajstić information content (AvgIpc) is 2.24. The van der Waals surface area contributed by atoms with Gasteiger partial charge in [0.15, 0.2) is 0 Å². The lowest BCUT2D eigenvalue weighted by atomic mass is 9.97. The van der Waals surface area contributed by atoms with Gasteiger partial charge in [0.25, 0.3) is 0 Å². The first kappa shape index (κ1) is 12.9. The normalized spacial score (nSPS) is 29.8. The molecule has 0 aromatic carbocycles. The predicted octanol–water partition coefficient (Wildman–Crippen LogP) is 1.30. The second-order valence-electron chi connectivity index (χ2n) is 3.89. The van der Waals surface area contributed by atoms with Crippen molar-refractivity contribution < 1.29 is 13.7 Å². The lowest BCUT2D eigenvalue weighted by molar-refractivity contribution is -0.144. The Balaban J connectivity index is 3.12. The number of ether oxygens (including phenoxy) is 1.